The SMILES string of the molecule is CC(C)C[C@H](NC(=O)c1ccc(C(C)(C)C)cc1)C(=O)N1CCC2[C@H]1C(=O)CN2C(=O)c1ccccn1. The van der Waals surface area contributed by atoms with Gasteiger partial charge >= 0.3 is 0 Å². The van der Waals surface area contributed by atoms with E-state index in [9.17, 15) is 19.2 Å². The van der Waals surface area contributed by atoms with Crippen LogP contribution in [0.3, 0.4) is 0 Å². The zero-order valence-electron chi connectivity index (χ0n) is 22.2. The molecular weight excluding hydrogens is 468 g/mol. The van der Waals surface area contributed by atoms with Crippen LogP contribution in [0.15, 0.2) is 48.7 Å². The number of likely N-dealkylation sites (tertiary alicyclic amines) is 2. The highest BCUT2D eigenvalue weighted by Gasteiger charge is 2.52. The number of carbonyl (C=O) groups is 4. The molecule has 1 aromatic heterocycles. The van der Waals surface area contributed by atoms with E-state index in [1.807, 2.05) is 26.0 Å². The summed E-state index contributed by atoms with van der Waals surface area (Å²) < 4.78 is 0. The van der Waals surface area contributed by atoms with Crippen LogP contribution >= 0.6 is 0 Å². The van der Waals surface area contributed by atoms with E-state index in [-0.39, 0.29) is 53.1 Å². The van der Waals surface area contributed by atoms with Crippen molar-refractivity contribution in [3.63, 3.8) is 0 Å². The first kappa shape index (κ1) is 26.5. The van der Waals surface area contributed by atoms with Crippen molar-refractivity contribution in [3.05, 3.63) is 65.5 Å². The fraction of sp³-hybridized carbons (Fsp3) is 0.483. The van der Waals surface area contributed by atoms with E-state index in [4.69, 9.17) is 0 Å². The minimum absolute atomic E-state index is 0.0307. The molecule has 2 aliphatic rings. The molecule has 0 bridgehead atoms. The molecule has 1 N–H and O–H groups in total. The Morgan fingerprint density at radius 2 is 1.76 bits per heavy atom. The van der Waals surface area contributed by atoms with Gasteiger partial charge in [-0.05, 0) is 54.0 Å². The van der Waals surface area contributed by atoms with Crippen LogP contribution in [0.25, 0.3) is 0 Å². The topological polar surface area (TPSA) is 99.7 Å². The first-order valence-electron chi connectivity index (χ1n) is 12.9. The number of rotatable bonds is 6. The lowest BCUT2D eigenvalue weighted by Gasteiger charge is -2.29. The second-order valence-electron chi connectivity index (χ2n) is 11.4. The number of pyridine rings is 1. The Morgan fingerprint density at radius 3 is 2.35 bits per heavy atom. The minimum atomic E-state index is -0.762. The van der Waals surface area contributed by atoms with E-state index in [1.165, 1.54) is 4.90 Å². The third-order valence-electron chi connectivity index (χ3n) is 7.17. The monoisotopic (exact) mass is 504 g/mol. The Labute approximate surface area is 218 Å². The van der Waals surface area contributed by atoms with Crippen molar-refractivity contribution in [2.24, 2.45) is 5.92 Å². The van der Waals surface area contributed by atoms with E-state index >= 15 is 0 Å². The lowest BCUT2D eigenvalue weighted by molar-refractivity contribution is -0.138. The summed E-state index contributed by atoms with van der Waals surface area (Å²) >= 11 is 0. The lowest BCUT2D eigenvalue weighted by atomic mass is 9.86. The summed E-state index contributed by atoms with van der Waals surface area (Å²) in [6.07, 6.45) is 2.50. The maximum absolute atomic E-state index is 13.7. The summed E-state index contributed by atoms with van der Waals surface area (Å²) in [5.41, 5.74) is 1.85. The molecule has 3 heterocycles. The molecule has 0 aliphatic carbocycles. The second kappa shape index (κ2) is 10.4. The molecule has 3 amide bonds. The normalized spacial score (nSPS) is 20.2. The van der Waals surface area contributed by atoms with Gasteiger partial charge in [0.25, 0.3) is 11.8 Å². The Kier molecular flexibility index (Phi) is 7.48. The summed E-state index contributed by atoms with van der Waals surface area (Å²) in [6.45, 7) is 10.6. The number of ketones is 1. The van der Waals surface area contributed by atoms with Crippen LogP contribution in [-0.2, 0) is 15.0 Å². The third-order valence-corrected chi connectivity index (χ3v) is 7.17. The smallest absolute Gasteiger partial charge is 0.273 e. The number of carbonyl (C=O) groups excluding carboxylic acids is 4. The highest BCUT2D eigenvalue weighted by atomic mass is 16.2. The maximum Gasteiger partial charge on any atom is 0.273 e. The number of Topliss-reactive ketones (excluding diaryl/α,β-unsaturated/α-hetero) is 1. The molecule has 4 rings (SSSR count). The van der Waals surface area contributed by atoms with Crippen LogP contribution in [0, 0.1) is 5.92 Å². The molecule has 196 valence electrons. The molecule has 0 radical (unpaired) electrons. The molecular formula is C29H36N4O4. The fourth-order valence-electron chi connectivity index (χ4n) is 5.23. The van der Waals surface area contributed by atoms with Gasteiger partial charge < -0.3 is 15.1 Å². The number of hydrogen-bond donors (Lipinski definition) is 1. The zero-order valence-corrected chi connectivity index (χ0v) is 22.2. The van der Waals surface area contributed by atoms with Crippen molar-refractivity contribution in [1.29, 1.82) is 0 Å². The van der Waals surface area contributed by atoms with Crippen molar-refractivity contribution in [1.82, 2.24) is 20.1 Å². The van der Waals surface area contributed by atoms with Crippen molar-refractivity contribution < 1.29 is 19.2 Å². The minimum Gasteiger partial charge on any atom is -0.340 e. The zero-order chi connectivity index (χ0) is 26.9. The van der Waals surface area contributed by atoms with Gasteiger partial charge in [0.15, 0.2) is 5.78 Å². The standard InChI is InChI=1S/C29H36N4O4/c1-18(2)16-22(31-26(35)19-9-11-20(12-10-19)29(3,4)5)28(37)32-15-13-23-25(32)24(34)17-33(23)27(36)21-8-6-7-14-30-21/h6-12,14,18,22-23,25H,13,15-17H2,1-5H3,(H,31,35)/t22-,23?,25-/m0/s1. The van der Waals surface area contributed by atoms with Gasteiger partial charge in [-0.25, -0.2) is 0 Å². The van der Waals surface area contributed by atoms with Crippen LogP contribution < -0.4 is 5.32 Å². The number of fused-ring (bicyclic) bond motifs is 1. The van der Waals surface area contributed by atoms with Gasteiger partial charge in [-0.1, -0.05) is 52.8 Å². The number of nitrogens with zero attached hydrogens (tertiary/aromatic N) is 3. The largest absolute Gasteiger partial charge is 0.340 e. The van der Waals surface area contributed by atoms with Crippen molar-refractivity contribution in [2.75, 3.05) is 13.1 Å². The predicted molar refractivity (Wildman–Crippen MR) is 140 cm³/mol. The molecule has 3 atom stereocenters. The van der Waals surface area contributed by atoms with E-state index in [0.717, 1.165) is 5.56 Å². The van der Waals surface area contributed by atoms with Gasteiger partial charge in [-0.2, -0.15) is 0 Å². The Bertz CT molecular complexity index is 1170. The Morgan fingerprint density at radius 1 is 1.05 bits per heavy atom. The average Bonchev–Trinajstić information content (AvgIpc) is 3.44. The number of benzene rings is 1. The molecule has 1 unspecified atom stereocenters. The summed E-state index contributed by atoms with van der Waals surface area (Å²) in [5, 5.41) is 2.92. The predicted octanol–water partition coefficient (Wildman–Crippen LogP) is 3.22. The van der Waals surface area contributed by atoms with Crippen LogP contribution in [0.2, 0.25) is 0 Å². The lowest BCUT2D eigenvalue weighted by Crippen LogP contribution is -2.53. The summed E-state index contributed by atoms with van der Waals surface area (Å²) in [6, 6.07) is 10.7. The van der Waals surface area contributed by atoms with E-state index in [0.29, 0.717) is 24.9 Å². The van der Waals surface area contributed by atoms with Crippen LogP contribution in [-0.4, -0.2) is 69.5 Å². The summed E-state index contributed by atoms with van der Waals surface area (Å²) in [4.78, 5) is 60.1. The first-order chi connectivity index (χ1) is 17.5. The van der Waals surface area contributed by atoms with Crippen LogP contribution in [0.1, 0.15) is 73.9 Å². The average molecular weight is 505 g/mol. The Balaban J connectivity index is 1.50. The van der Waals surface area contributed by atoms with Crippen molar-refractivity contribution in [2.45, 2.75) is 71.0 Å². The fourth-order valence-corrected chi connectivity index (χ4v) is 5.23. The van der Waals surface area contributed by atoms with Gasteiger partial charge in [0, 0.05) is 18.3 Å². The van der Waals surface area contributed by atoms with Crippen LogP contribution in [0.5, 0.6) is 0 Å². The quantitative estimate of drug-likeness (QED) is 0.651. The maximum atomic E-state index is 13.7. The second-order valence-corrected chi connectivity index (χ2v) is 11.4. The number of aromatic nitrogens is 1. The Hall–Kier alpha value is -3.55. The molecule has 37 heavy (non-hydrogen) atoms. The highest BCUT2D eigenvalue weighted by molar-refractivity contribution is 6.03. The number of amides is 3. The molecule has 8 nitrogen and oxygen atoms in total. The molecule has 0 saturated carbocycles. The molecule has 8 heteroatoms. The first-order valence-corrected chi connectivity index (χ1v) is 12.9. The molecule has 2 aliphatic heterocycles. The molecule has 2 fully saturated rings. The van der Waals surface area contributed by atoms with Gasteiger partial charge in [0.2, 0.25) is 5.91 Å². The molecule has 2 saturated heterocycles. The highest BCUT2D eigenvalue weighted by Crippen LogP contribution is 2.31. The van der Waals surface area contributed by atoms with E-state index in [1.54, 1.807) is 41.4 Å². The van der Waals surface area contributed by atoms with E-state index < -0.39 is 12.1 Å². The van der Waals surface area contributed by atoms with Gasteiger partial charge in [0.05, 0.1) is 12.6 Å². The number of hydrogen-bond acceptors (Lipinski definition) is 5. The molecule has 2 aromatic rings. The third kappa shape index (κ3) is 5.58. The van der Waals surface area contributed by atoms with Gasteiger partial charge in [-0.15, -0.1) is 0 Å². The van der Waals surface area contributed by atoms with Crippen molar-refractivity contribution in [3.8, 4) is 0 Å². The molecule has 1 aromatic carbocycles. The van der Waals surface area contributed by atoms with Crippen LogP contribution in [0.4, 0.5) is 0 Å². The summed E-state index contributed by atoms with van der Waals surface area (Å²) in [5.74, 6) is -0.910. The number of nitrogens with one attached hydrogen (secondary N) is 1. The van der Waals surface area contributed by atoms with E-state index in [2.05, 4.69) is 31.1 Å². The molecule has 0 spiro atoms. The van der Waals surface area contributed by atoms with Crippen molar-refractivity contribution >= 4 is 23.5 Å². The van der Waals surface area contributed by atoms with Gasteiger partial charge in [-0.3, -0.25) is 24.2 Å². The van der Waals surface area contributed by atoms with Gasteiger partial charge in [0.1, 0.15) is 17.8 Å². The summed E-state index contributed by atoms with van der Waals surface area (Å²) in [7, 11) is 0.